The van der Waals surface area contributed by atoms with Crippen LogP contribution in [0.2, 0.25) is 0 Å². The van der Waals surface area contributed by atoms with Gasteiger partial charge in [-0.1, -0.05) is 55.8 Å². The first-order valence-electron chi connectivity index (χ1n) is 8.04. The number of benzene rings is 2. The van der Waals surface area contributed by atoms with Crippen molar-refractivity contribution >= 4 is 5.91 Å². The van der Waals surface area contributed by atoms with Crippen molar-refractivity contribution in [3.63, 3.8) is 0 Å². The summed E-state index contributed by atoms with van der Waals surface area (Å²) in [6, 6.07) is 16.0. The molecule has 0 spiro atoms. The Morgan fingerprint density at radius 3 is 2.09 bits per heavy atom. The van der Waals surface area contributed by atoms with Gasteiger partial charge in [0.05, 0.1) is 6.04 Å². The molecule has 0 heterocycles. The zero-order chi connectivity index (χ0) is 16.8. The van der Waals surface area contributed by atoms with E-state index in [9.17, 15) is 4.79 Å². The van der Waals surface area contributed by atoms with Crippen LogP contribution in [0.5, 0.6) is 5.75 Å². The smallest absolute Gasteiger partial charge is 0.258 e. The minimum absolute atomic E-state index is 0.0250. The van der Waals surface area contributed by atoms with Gasteiger partial charge < -0.3 is 10.1 Å². The molecule has 0 aliphatic carbocycles. The summed E-state index contributed by atoms with van der Waals surface area (Å²) in [5.74, 6) is 1.08. The van der Waals surface area contributed by atoms with Crippen molar-refractivity contribution in [2.45, 2.75) is 39.7 Å². The summed E-state index contributed by atoms with van der Waals surface area (Å²) in [5.41, 5.74) is 3.56. The van der Waals surface area contributed by atoms with Gasteiger partial charge in [0.2, 0.25) is 0 Å². The van der Waals surface area contributed by atoms with Crippen molar-refractivity contribution in [1.82, 2.24) is 5.32 Å². The van der Waals surface area contributed by atoms with E-state index in [0.29, 0.717) is 11.7 Å². The van der Waals surface area contributed by atoms with E-state index in [1.807, 2.05) is 62.4 Å². The Bertz CT molecular complexity index is 630. The van der Waals surface area contributed by atoms with Crippen LogP contribution in [0.1, 0.15) is 49.4 Å². The second-order valence-corrected chi connectivity index (χ2v) is 6.21. The lowest BCUT2D eigenvalue weighted by Gasteiger charge is -2.15. The first kappa shape index (κ1) is 17.1. The number of carbonyl (C=O) groups is 1. The summed E-state index contributed by atoms with van der Waals surface area (Å²) in [5, 5.41) is 2.95. The van der Waals surface area contributed by atoms with Gasteiger partial charge in [-0.05, 0) is 43.0 Å². The molecule has 0 unspecified atom stereocenters. The molecular formula is C20H25NO2. The van der Waals surface area contributed by atoms with Gasteiger partial charge in [0.1, 0.15) is 5.75 Å². The van der Waals surface area contributed by atoms with Gasteiger partial charge in [-0.15, -0.1) is 0 Å². The van der Waals surface area contributed by atoms with Crippen LogP contribution < -0.4 is 10.1 Å². The minimum Gasteiger partial charge on any atom is -0.484 e. The standard InChI is InChI=1S/C20H25NO2/c1-14(2)17-9-11-19(12-10-17)23-13-20(22)21-16(4)18-7-5-15(3)6-8-18/h5-12,14,16H,13H2,1-4H3,(H,21,22)/t16-/m1/s1. The molecule has 0 aliphatic heterocycles. The van der Waals surface area contributed by atoms with Crippen molar-refractivity contribution in [1.29, 1.82) is 0 Å². The first-order valence-corrected chi connectivity index (χ1v) is 8.04. The molecular weight excluding hydrogens is 286 g/mol. The van der Waals surface area contributed by atoms with E-state index in [1.54, 1.807) is 0 Å². The number of carbonyl (C=O) groups excluding carboxylic acids is 1. The third-order valence-electron chi connectivity index (χ3n) is 3.87. The Hall–Kier alpha value is -2.29. The van der Waals surface area contributed by atoms with E-state index in [0.717, 1.165) is 5.56 Å². The highest BCUT2D eigenvalue weighted by molar-refractivity contribution is 5.78. The van der Waals surface area contributed by atoms with E-state index in [4.69, 9.17) is 4.74 Å². The molecule has 0 bridgehead atoms. The van der Waals surface area contributed by atoms with Gasteiger partial charge >= 0.3 is 0 Å². The monoisotopic (exact) mass is 311 g/mol. The van der Waals surface area contributed by atoms with Crippen molar-refractivity contribution < 1.29 is 9.53 Å². The Kier molecular flexibility index (Phi) is 5.80. The molecule has 2 rings (SSSR count). The quantitative estimate of drug-likeness (QED) is 0.860. The van der Waals surface area contributed by atoms with Gasteiger partial charge in [0.25, 0.3) is 5.91 Å². The highest BCUT2D eigenvalue weighted by Crippen LogP contribution is 2.18. The van der Waals surface area contributed by atoms with Crippen LogP contribution in [-0.2, 0) is 4.79 Å². The van der Waals surface area contributed by atoms with Crippen molar-refractivity contribution in [2.75, 3.05) is 6.61 Å². The number of amides is 1. The third-order valence-corrected chi connectivity index (χ3v) is 3.87. The molecule has 1 amide bonds. The van der Waals surface area contributed by atoms with E-state index in [2.05, 4.69) is 19.2 Å². The molecule has 0 aliphatic rings. The number of ether oxygens (including phenoxy) is 1. The van der Waals surface area contributed by atoms with Crippen LogP contribution in [0.15, 0.2) is 48.5 Å². The minimum atomic E-state index is -0.119. The number of aryl methyl sites for hydroxylation is 1. The molecule has 2 aromatic carbocycles. The molecule has 0 fully saturated rings. The van der Waals surface area contributed by atoms with Crippen molar-refractivity contribution in [3.8, 4) is 5.75 Å². The molecule has 0 radical (unpaired) electrons. The summed E-state index contributed by atoms with van der Waals surface area (Å²) in [6.45, 7) is 8.34. The number of hydrogen-bond donors (Lipinski definition) is 1. The third kappa shape index (κ3) is 5.13. The molecule has 3 nitrogen and oxygen atoms in total. The fourth-order valence-corrected chi connectivity index (χ4v) is 2.32. The van der Waals surface area contributed by atoms with Crippen LogP contribution >= 0.6 is 0 Å². The molecule has 3 heteroatoms. The first-order chi connectivity index (χ1) is 11.0. The summed E-state index contributed by atoms with van der Waals surface area (Å²) in [6.07, 6.45) is 0. The van der Waals surface area contributed by atoms with Gasteiger partial charge in [0.15, 0.2) is 6.61 Å². The lowest BCUT2D eigenvalue weighted by atomic mass is 10.0. The van der Waals surface area contributed by atoms with Gasteiger partial charge in [-0.25, -0.2) is 0 Å². The predicted octanol–water partition coefficient (Wildman–Crippen LogP) is 4.37. The maximum atomic E-state index is 12.0. The van der Waals surface area contributed by atoms with Crippen LogP contribution in [0.4, 0.5) is 0 Å². The van der Waals surface area contributed by atoms with Gasteiger partial charge in [-0.3, -0.25) is 4.79 Å². The Labute approximate surface area is 138 Å². The van der Waals surface area contributed by atoms with E-state index in [1.165, 1.54) is 11.1 Å². The van der Waals surface area contributed by atoms with E-state index in [-0.39, 0.29) is 18.6 Å². The van der Waals surface area contributed by atoms with Crippen LogP contribution in [-0.4, -0.2) is 12.5 Å². The molecule has 23 heavy (non-hydrogen) atoms. The normalized spacial score (nSPS) is 12.0. The number of rotatable bonds is 6. The summed E-state index contributed by atoms with van der Waals surface area (Å²) in [4.78, 5) is 12.0. The van der Waals surface area contributed by atoms with Crippen LogP contribution in [0.25, 0.3) is 0 Å². The maximum Gasteiger partial charge on any atom is 0.258 e. The van der Waals surface area contributed by atoms with E-state index < -0.39 is 0 Å². The topological polar surface area (TPSA) is 38.3 Å². The zero-order valence-corrected chi connectivity index (χ0v) is 14.3. The molecule has 1 N–H and O–H groups in total. The molecule has 0 saturated carbocycles. The van der Waals surface area contributed by atoms with Crippen LogP contribution in [0.3, 0.4) is 0 Å². The SMILES string of the molecule is Cc1ccc([C@@H](C)NC(=O)COc2ccc(C(C)C)cc2)cc1. The Balaban J connectivity index is 1.83. The summed E-state index contributed by atoms with van der Waals surface area (Å²) in [7, 11) is 0. The van der Waals surface area contributed by atoms with Crippen molar-refractivity contribution in [2.24, 2.45) is 0 Å². The molecule has 2 aromatic rings. The summed E-state index contributed by atoms with van der Waals surface area (Å²) < 4.78 is 5.55. The highest BCUT2D eigenvalue weighted by atomic mass is 16.5. The second kappa shape index (κ2) is 7.82. The largest absolute Gasteiger partial charge is 0.484 e. The van der Waals surface area contributed by atoms with Gasteiger partial charge in [0, 0.05) is 0 Å². The van der Waals surface area contributed by atoms with E-state index >= 15 is 0 Å². The average Bonchev–Trinajstić information content (AvgIpc) is 2.54. The van der Waals surface area contributed by atoms with Crippen molar-refractivity contribution in [3.05, 3.63) is 65.2 Å². The second-order valence-electron chi connectivity index (χ2n) is 6.21. The fraction of sp³-hybridized carbons (Fsp3) is 0.350. The maximum absolute atomic E-state index is 12.0. The highest BCUT2D eigenvalue weighted by Gasteiger charge is 2.10. The molecule has 0 saturated heterocycles. The lowest BCUT2D eigenvalue weighted by molar-refractivity contribution is -0.123. The van der Waals surface area contributed by atoms with Gasteiger partial charge in [-0.2, -0.15) is 0 Å². The molecule has 0 aromatic heterocycles. The number of hydrogen-bond acceptors (Lipinski definition) is 2. The van der Waals surface area contributed by atoms with Crippen LogP contribution in [0, 0.1) is 6.92 Å². The lowest BCUT2D eigenvalue weighted by Crippen LogP contribution is -2.31. The average molecular weight is 311 g/mol. The Morgan fingerprint density at radius 1 is 0.957 bits per heavy atom. The number of nitrogens with one attached hydrogen (secondary N) is 1. The molecule has 122 valence electrons. The molecule has 1 atom stereocenters. The Morgan fingerprint density at radius 2 is 1.52 bits per heavy atom. The predicted molar refractivity (Wildman–Crippen MR) is 93.8 cm³/mol. The zero-order valence-electron chi connectivity index (χ0n) is 14.3. The summed E-state index contributed by atoms with van der Waals surface area (Å²) >= 11 is 0. The fourth-order valence-electron chi connectivity index (χ4n) is 2.32.